The van der Waals surface area contributed by atoms with Crippen molar-refractivity contribution in [2.24, 2.45) is 11.8 Å². The molecule has 4 rings (SSSR count). The summed E-state index contributed by atoms with van der Waals surface area (Å²) in [4.78, 5) is 21.1. The Morgan fingerprint density at radius 3 is 1.24 bits per heavy atom. The molecule has 2 aromatic rings. The SMILES string of the molecule is O=C(O)[C@@H]1C[C@H]1c1ccccc1.O=C(O)[C@@H]1C[C@H]1c1ccccc1.[Cu]. The van der Waals surface area contributed by atoms with Gasteiger partial charge in [0.2, 0.25) is 0 Å². The van der Waals surface area contributed by atoms with Crippen molar-refractivity contribution in [2.75, 3.05) is 0 Å². The molecule has 0 aliphatic heterocycles. The van der Waals surface area contributed by atoms with Crippen LogP contribution in [-0.2, 0) is 26.7 Å². The minimum atomic E-state index is -0.663. The zero-order valence-corrected chi connectivity index (χ0v) is 14.5. The Morgan fingerprint density at radius 2 is 1.00 bits per heavy atom. The predicted molar refractivity (Wildman–Crippen MR) is 89.9 cm³/mol. The first kappa shape index (κ1) is 19.2. The van der Waals surface area contributed by atoms with E-state index in [1.54, 1.807) is 0 Å². The first-order chi connectivity index (χ1) is 11.6. The number of hydrogen-bond donors (Lipinski definition) is 2. The zero-order valence-electron chi connectivity index (χ0n) is 13.5. The van der Waals surface area contributed by atoms with Crippen LogP contribution in [0, 0.1) is 11.8 Å². The molecule has 2 N–H and O–H groups in total. The molecule has 2 fully saturated rings. The monoisotopic (exact) mass is 387 g/mol. The smallest absolute Gasteiger partial charge is 0.307 e. The second-order valence-electron chi connectivity index (χ2n) is 6.40. The number of carboxylic acids is 2. The van der Waals surface area contributed by atoms with Crippen LogP contribution in [0.3, 0.4) is 0 Å². The van der Waals surface area contributed by atoms with Crippen molar-refractivity contribution >= 4 is 11.9 Å². The Labute approximate surface area is 157 Å². The Hall–Kier alpha value is -2.10. The van der Waals surface area contributed by atoms with Crippen LogP contribution in [0.2, 0.25) is 0 Å². The van der Waals surface area contributed by atoms with Gasteiger partial charge in [-0.1, -0.05) is 60.7 Å². The second kappa shape index (κ2) is 8.32. The van der Waals surface area contributed by atoms with Crippen LogP contribution in [-0.4, -0.2) is 22.2 Å². The number of carboxylic acid groups (broad SMARTS) is 2. The van der Waals surface area contributed by atoms with E-state index in [0.29, 0.717) is 0 Å². The number of aliphatic carboxylic acids is 2. The molecule has 4 atom stereocenters. The van der Waals surface area contributed by atoms with Gasteiger partial charge in [0, 0.05) is 17.1 Å². The standard InChI is InChI=1S/2C10H10O2.Cu/c2*11-10(12)9-6-8(9)7-4-2-1-3-5-7;/h2*1-5,8-9H,6H2,(H,11,12);/t2*8-,9+;/m00./s1. The molecule has 2 aliphatic rings. The quantitative estimate of drug-likeness (QED) is 0.783. The third kappa shape index (κ3) is 4.94. The fourth-order valence-corrected chi connectivity index (χ4v) is 3.07. The number of rotatable bonds is 4. The van der Waals surface area contributed by atoms with Crippen LogP contribution < -0.4 is 0 Å². The summed E-state index contributed by atoms with van der Waals surface area (Å²) in [7, 11) is 0. The van der Waals surface area contributed by atoms with Crippen molar-refractivity contribution in [2.45, 2.75) is 24.7 Å². The molecule has 25 heavy (non-hydrogen) atoms. The van der Waals surface area contributed by atoms with Gasteiger partial charge in [-0.3, -0.25) is 9.59 Å². The van der Waals surface area contributed by atoms with Crippen molar-refractivity contribution in [1.29, 1.82) is 0 Å². The molecule has 0 heterocycles. The van der Waals surface area contributed by atoms with E-state index in [9.17, 15) is 9.59 Å². The fourth-order valence-electron chi connectivity index (χ4n) is 3.07. The molecule has 0 bridgehead atoms. The first-order valence-corrected chi connectivity index (χ1v) is 8.13. The zero-order chi connectivity index (χ0) is 17.1. The van der Waals surface area contributed by atoms with Crippen LogP contribution >= 0.6 is 0 Å². The Morgan fingerprint density at radius 1 is 0.680 bits per heavy atom. The summed E-state index contributed by atoms with van der Waals surface area (Å²) in [6, 6.07) is 19.7. The number of hydrogen-bond acceptors (Lipinski definition) is 2. The average molecular weight is 388 g/mol. The van der Waals surface area contributed by atoms with Gasteiger partial charge in [0.1, 0.15) is 0 Å². The average Bonchev–Trinajstić information content (AvgIpc) is 3.49. The van der Waals surface area contributed by atoms with E-state index in [1.165, 1.54) is 0 Å². The molecule has 5 heteroatoms. The summed E-state index contributed by atoms with van der Waals surface area (Å²) in [5.41, 5.74) is 2.31. The van der Waals surface area contributed by atoms with Crippen LogP contribution in [0.25, 0.3) is 0 Å². The normalized spacial score (nSPS) is 25.6. The molecule has 0 unspecified atom stereocenters. The van der Waals surface area contributed by atoms with Crippen LogP contribution in [0.1, 0.15) is 35.8 Å². The van der Waals surface area contributed by atoms with Gasteiger partial charge in [-0.2, -0.15) is 0 Å². The first-order valence-electron chi connectivity index (χ1n) is 8.13. The minimum Gasteiger partial charge on any atom is -0.481 e. The van der Waals surface area contributed by atoms with Crippen molar-refractivity contribution in [3.05, 3.63) is 71.8 Å². The molecular weight excluding hydrogens is 368 g/mol. The Kier molecular flexibility index (Phi) is 6.40. The van der Waals surface area contributed by atoms with E-state index in [0.717, 1.165) is 24.0 Å². The summed E-state index contributed by atoms with van der Waals surface area (Å²) in [5.74, 6) is -1.06. The minimum absolute atomic E-state index is 0. The van der Waals surface area contributed by atoms with Crippen LogP contribution in [0.15, 0.2) is 60.7 Å². The molecule has 135 valence electrons. The van der Waals surface area contributed by atoms with Gasteiger partial charge in [0.25, 0.3) is 0 Å². The van der Waals surface area contributed by atoms with Crippen molar-refractivity contribution < 1.29 is 36.9 Å². The van der Waals surface area contributed by atoms with Gasteiger partial charge < -0.3 is 10.2 Å². The largest absolute Gasteiger partial charge is 0.481 e. The predicted octanol–water partition coefficient (Wildman–Crippen LogP) is 3.75. The second-order valence-corrected chi connectivity index (χ2v) is 6.40. The third-order valence-corrected chi connectivity index (χ3v) is 4.67. The Balaban J connectivity index is 0.000000173. The van der Waals surface area contributed by atoms with Crippen LogP contribution in [0.4, 0.5) is 0 Å². The summed E-state index contributed by atoms with van der Waals surface area (Å²) in [5, 5.41) is 17.4. The maximum atomic E-state index is 10.5. The van der Waals surface area contributed by atoms with Crippen LogP contribution in [0.5, 0.6) is 0 Å². The van der Waals surface area contributed by atoms with Gasteiger partial charge in [-0.05, 0) is 35.8 Å². The summed E-state index contributed by atoms with van der Waals surface area (Å²) < 4.78 is 0. The molecule has 1 radical (unpaired) electrons. The van der Waals surface area contributed by atoms with Crippen molar-refractivity contribution in [1.82, 2.24) is 0 Å². The maximum absolute atomic E-state index is 10.5. The molecule has 2 aromatic carbocycles. The molecule has 2 aliphatic carbocycles. The molecule has 0 amide bonds. The molecular formula is C20H20CuO4. The number of carbonyl (C=O) groups is 2. The van der Waals surface area contributed by atoms with Gasteiger partial charge in [-0.15, -0.1) is 0 Å². The maximum Gasteiger partial charge on any atom is 0.307 e. The van der Waals surface area contributed by atoms with E-state index in [-0.39, 0.29) is 40.7 Å². The van der Waals surface area contributed by atoms with E-state index in [2.05, 4.69) is 0 Å². The number of benzene rings is 2. The molecule has 0 saturated heterocycles. The summed E-state index contributed by atoms with van der Waals surface area (Å²) in [6.45, 7) is 0. The van der Waals surface area contributed by atoms with E-state index in [4.69, 9.17) is 10.2 Å². The van der Waals surface area contributed by atoms with E-state index < -0.39 is 11.9 Å². The molecule has 4 nitrogen and oxygen atoms in total. The van der Waals surface area contributed by atoms with E-state index >= 15 is 0 Å². The van der Waals surface area contributed by atoms with E-state index in [1.807, 2.05) is 60.7 Å². The van der Waals surface area contributed by atoms with Gasteiger partial charge in [-0.25, -0.2) is 0 Å². The Bertz CT molecular complexity index is 653. The molecule has 0 spiro atoms. The van der Waals surface area contributed by atoms with Gasteiger partial charge in [0.05, 0.1) is 11.8 Å². The summed E-state index contributed by atoms with van der Waals surface area (Å²) in [6.07, 6.45) is 1.61. The van der Waals surface area contributed by atoms with Crippen molar-refractivity contribution in [3.8, 4) is 0 Å². The molecule has 2 saturated carbocycles. The third-order valence-electron chi connectivity index (χ3n) is 4.67. The molecule has 0 aromatic heterocycles. The van der Waals surface area contributed by atoms with Crippen molar-refractivity contribution in [3.63, 3.8) is 0 Å². The topological polar surface area (TPSA) is 74.6 Å². The van der Waals surface area contributed by atoms with Gasteiger partial charge in [0.15, 0.2) is 0 Å². The fraction of sp³-hybridized carbons (Fsp3) is 0.300. The summed E-state index contributed by atoms with van der Waals surface area (Å²) >= 11 is 0. The van der Waals surface area contributed by atoms with Gasteiger partial charge >= 0.3 is 11.9 Å².